The van der Waals surface area contributed by atoms with E-state index in [1.165, 1.54) is 32.1 Å². The molecule has 1 rings (SSSR count). The van der Waals surface area contributed by atoms with Gasteiger partial charge in [0, 0.05) is 25.3 Å². The molecule has 114 valence electrons. The van der Waals surface area contributed by atoms with E-state index in [4.69, 9.17) is 8.85 Å². The Morgan fingerprint density at radius 2 is 1.79 bits per heavy atom. The van der Waals surface area contributed by atoms with Gasteiger partial charge in [0.1, 0.15) is 0 Å². The molecule has 3 nitrogen and oxygen atoms in total. The first-order valence-electron chi connectivity index (χ1n) is 7.86. The molecule has 0 aromatic carbocycles. The fourth-order valence-electron chi connectivity index (χ4n) is 3.85. The van der Waals surface area contributed by atoms with Gasteiger partial charge < -0.3 is 8.85 Å². The number of rotatable bonds is 7. The topological polar surface area (TPSA) is 21.7 Å². The van der Waals surface area contributed by atoms with Crippen LogP contribution in [0.4, 0.5) is 0 Å². The van der Waals surface area contributed by atoms with Gasteiger partial charge >= 0.3 is 8.72 Å². The van der Waals surface area contributed by atoms with E-state index in [0.29, 0.717) is 6.04 Å². The van der Waals surface area contributed by atoms with E-state index in [9.17, 15) is 0 Å². The molecule has 0 saturated carbocycles. The first-order chi connectivity index (χ1) is 8.99. The molecule has 1 atom stereocenters. The maximum Gasteiger partial charge on any atom is 0.433 e. The van der Waals surface area contributed by atoms with Gasteiger partial charge in [0.05, 0.1) is 0 Å². The normalized spacial score (nSPS) is 22.7. The summed E-state index contributed by atoms with van der Waals surface area (Å²) in [4.78, 5) is 0. The van der Waals surface area contributed by atoms with E-state index < -0.39 is 8.72 Å². The van der Waals surface area contributed by atoms with Crippen LogP contribution < -0.4 is 0 Å². The summed E-state index contributed by atoms with van der Waals surface area (Å²) in [5.41, 5.74) is 0. The molecule has 1 aliphatic heterocycles. The van der Waals surface area contributed by atoms with Crippen molar-refractivity contribution in [3.63, 3.8) is 0 Å². The Hall–Kier alpha value is 0.0969. The zero-order valence-corrected chi connectivity index (χ0v) is 14.8. The first-order valence-corrected chi connectivity index (χ1v) is 9.62. The minimum absolute atomic E-state index is 0.121. The lowest BCUT2D eigenvalue weighted by Gasteiger charge is -2.51. The lowest BCUT2D eigenvalue weighted by atomic mass is 10.0. The van der Waals surface area contributed by atoms with Gasteiger partial charge in [-0.3, -0.25) is 4.57 Å². The van der Waals surface area contributed by atoms with Gasteiger partial charge in [0.25, 0.3) is 0 Å². The lowest BCUT2D eigenvalue weighted by Crippen LogP contribution is -2.67. The van der Waals surface area contributed by atoms with Crippen LogP contribution in [0.3, 0.4) is 0 Å². The van der Waals surface area contributed by atoms with Gasteiger partial charge in [0.2, 0.25) is 0 Å². The third kappa shape index (κ3) is 3.23. The predicted octanol–water partition coefficient (Wildman–Crippen LogP) is 4.06. The second kappa shape index (κ2) is 7.20. The van der Waals surface area contributed by atoms with Crippen molar-refractivity contribution in [1.29, 1.82) is 0 Å². The van der Waals surface area contributed by atoms with Crippen LogP contribution in [0.15, 0.2) is 0 Å². The monoisotopic (exact) mass is 287 g/mol. The van der Waals surface area contributed by atoms with E-state index in [0.717, 1.165) is 13.0 Å². The number of nitrogens with zero attached hydrogens (tertiary/aromatic N) is 1. The van der Waals surface area contributed by atoms with Crippen molar-refractivity contribution >= 4 is 8.72 Å². The molecule has 0 aliphatic carbocycles. The van der Waals surface area contributed by atoms with Crippen LogP contribution in [0.5, 0.6) is 0 Å². The number of piperidine rings is 1. The highest BCUT2D eigenvalue weighted by Gasteiger charge is 2.57. The summed E-state index contributed by atoms with van der Waals surface area (Å²) in [7, 11) is 1.37. The van der Waals surface area contributed by atoms with E-state index in [2.05, 4.69) is 32.3 Å². The Morgan fingerprint density at radius 3 is 2.26 bits per heavy atom. The quantitative estimate of drug-likeness (QED) is 0.659. The van der Waals surface area contributed by atoms with Crippen LogP contribution in [-0.4, -0.2) is 40.1 Å². The predicted molar refractivity (Wildman–Crippen MR) is 83.4 cm³/mol. The van der Waals surface area contributed by atoms with E-state index in [1.54, 1.807) is 0 Å². The number of hydrogen-bond donors (Lipinski definition) is 0. The minimum Gasteiger partial charge on any atom is -0.386 e. The molecule has 4 heteroatoms. The second-order valence-corrected chi connectivity index (χ2v) is 10.3. The third-order valence-corrected chi connectivity index (χ3v) is 9.17. The Bertz CT molecular complexity index is 267. The summed E-state index contributed by atoms with van der Waals surface area (Å²) in [6.45, 7) is 10.3. The van der Waals surface area contributed by atoms with E-state index in [-0.39, 0.29) is 5.04 Å². The van der Waals surface area contributed by atoms with Gasteiger partial charge in [-0.2, -0.15) is 0 Å². The Kier molecular flexibility index (Phi) is 6.50. The molecule has 1 heterocycles. The molecule has 0 aromatic heterocycles. The van der Waals surface area contributed by atoms with Crippen molar-refractivity contribution in [1.82, 2.24) is 4.57 Å². The largest absolute Gasteiger partial charge is 0.433 e. The van der Waals surface area contributed by atoms with Crippen molar-refractivity contribution < 1.29 is 8.85 Å². The molecule has 1 unspecified atom stereocenters. The molecule has 0 aromatic rings. The molecule has 1 saturated heterocycles. The average Bonchev–Trinajstić information content (AvgIpc) is 2.41. The SMILES string of the molecule is CCCC(C)(C)[Si](OC)(OC)N1CCCCC1CC. The van der Waals surface area contributed by atoms with Gasteiger partial charge in [-0.1, -0.05) is 40.5 Å². The molecule has 0 N–H and O–H groups in total. The second-order valence-electron chi connectivity index (χ2n) is 6.38. The van der Waals surface area contributed by atoms with Gasteiger partial charge in [-0.15, -0.1) is 0 Å². The van der Waals surface area contributed by atoms with Crippen LogP contribution >= 0.6 is 0 Å². The van der Waals surface area contributed by atoms with Crippen LogP contribution in [0, 0.1) is 0 Å². The van der Waals surface area contributed by atoms with Crippen molar-refractivity contribution in [2.24, 2.45) is 0 Å². The summed E-state index contributed by atoms with van der Waals surface area (Å²) in [6.07, 6.45) is 7.46. The fraction of sp³-hybridized carbons (Fsp3) is 1.00. The highest BCUT2D eigenvalue weighted by atomic mass is 28.4. The van der Waals surface area contributed by atoms with Gasteiger partial charge in [0.15, 0.2) is 0 Å². The molecule has 0 bridgehead atoms. The van der Waals surface area contributed by atoms with Crippen LogP contribution in [0.2, 0.25) is 5.04 Å². The summed E-state index contributed by atoms with van der Waals surface area (Å²) in [6, 6.07) is 0.636. The maximum atomic E-state index is 6.12. The van der Waals surface area contributed by atoms with Gasteiger partial charge in [-0.05, 0) is 32.2 Å². The smallest absolute Gasteiger partial charge is 0.386 e. The third-order valence-electron chi connectivity index (χ3n) is 4.76. The molecule has 0 spiro atoms. The summed E-state index contributed by atoms with van der Waals surface area (Å²) in [5, 5.41) is 0.121. The minimum atomic E-state index is -2.34. The summed E-state index contributed by atoms with van der Waals surface area (Å²) >= 11 is 0. The van der Waals surface area contributed by atoms with Crippen molar-refractivity contribution in [2.45, 2.75) is 77.3 Å². The van der Waals surface area contributed by atoms with E-state index >= 15 is 0 Å². The Labute approximate surface area is 121 Å². The van der Waals surface area contributed by atoms with Crippen LogP contribution in [0.1, 0.15) is 66.2 Å². The summed E-state index contributed by atoms with van der Waals surface area (Å²) < 4.78 is 14.9. The highest BCUT2D eigenvalue weighted by molar-refractivity contribution is 6.67. The maximum absolute atomic E-state index is 6.12. The van der Waals surface area contributed by atoms with Crippen molar-refractivity contribution in [3.05, 3.63) is 0 Å². The lowest BCUT2D eigenvalue weighted by molar-refractivity contribution is 0.0885. The Morgan fingerprint density at radius 1 is 1.16 bits per heavy atom. The fourth-order valence-corrected chi connectivity index (χ4v) is 8.18. The molecule has 19 heavy (non-hydrogen) atoms. The molecular weight excluding hydrogens is 254 g/mol. The molecule has 1 fully saturated rings. The van der Waals surface area contributed by atoms with Crippen molar-refractivity contribution in [2.75, 3.05) is 20.8 Å². The van der Waals surface area contributed by atoms with Crippen LogP contribution in [0.25, 0.3) is 0 Å². The summed E-state index contributed by atoms with van der Waals surface area (Å²) in [5.74, 6) is 0. The highest BCUT2D eigenvalue weighted by Crippen LogP contribution is 2.46. The molecule has 0 amide bonds. The average molecular weight is 288 g/mol. The standard InChI is InChI=1S/C15H33NO2Si/c1-7-12-15(3,4)19(17-5,18-6)16-13-10-9-11-14(16)8-2/h14H,7-13H2,1-6H3. The molecule has 1 aliphatic rings. The zero-order valence-electron chi connectivity index (χ0n) is 13.8. The molecular formula is C15H33NO2Si. The van der Waals surface area contributed by atoms with Crippen LogP contribution in [-0.2, 0) is 8.85 Å². The zero-order chi connectivity index (χ0) is 14.5. The molecule has 0 radical (unpaired) electrons. The van der Waals surface area contributed by atoms with Crippen molar-refractivity contribution in [3.8, 4) is 0 Å². The Balaban J connectivity index is 3.08. The van der Waals surface area contributed by atoms with Gasteiger partial charge in [-0.25, -0.2) is 0 Å². The number of hydrogen-bond acceptors (Lipinski definition) is 3. The van der Waals surface area contributed by atoms with E-state index in [1.807, 2.05) is 14.2 Å². The first kappa shape index (κ1) is 17.1.